The van der Waals surface area contributed by atoms with Gasteiger partial charge in [-0.3, -0.25) is 0 Å². The first-order valence-corrected chi connectivity index (χ1v) is 5.18. The maximum Gasteiger partial charge on any atom is 0.333 e. The normalized spacial score (nSPS) is 9.56. The Morgan fingerprint density at radius 1 is 1.31 bits per heavy atom. The molecule has 86 valence electrons. The highest BCUT2D eigenvalue weighted by Gasteiger charge is 2.05. The molecule has 0 aromatic heterocycles. The molecule has 0 amide bonds. The molecule has 3 heteroatoms. The van der Waals surface area contributed by atoms with Gasteiger partial charge in [0.2, 0.25) is 0 Å². The smallest absolute Gasteiger partial charge is 0.333 e. The maximum absolute atomic E-state index is 11.0. The number of rotatable bonds is 6. The summed E-state index contributed by atoms with van der Waals surface area (Å²) in [4.78, 5) is 11.0. The van der Waals surface area contributed by atoms with Gasteiger partial charge in [-0.25, -0.2) is 4.79 Å². The van der Waals surface area contributed by atoms with E-state index in [4.69, 9.17) is 4.74 Å². The molecule has 1 aromatic carbocycles. The number of methoxy groups -OCH3 is 1. The first-order valence-electron chi connectivity index (χ1n) is 5.18. The Labute approximate surface area is 95.7 Å². The fourth-order valence-corrected chi connectivity index (χ4v) is 1.24. The third-order valence-corrected chi connectivity index (χ3v) is 2.11. The van der Waals surface area contributed by atoms with Crippen molar-refractivity contribution in [3.63, 3.8) is 0 Å². The molecule has 0 spiro atoms. The molecule has 0 N–H and O–H groups in total. The Morgan fingerprint density at radius 2 is 2.00 bits per heavy atom. The van der Waals surface area contributed by atoms with Crippen LogP contribution in [0.1, 0.15) is 12.8 Å². The molecular weight excluding hydrogens is 204 g/mol. The number of hydrogen-bond acceptors (Lipinski definition) is 3. The molecule has 0 radical (unpaired) electrons. The highest BCUT2D eigenvalue weighted by Crippen LogP contribution is 2.10. The van der Waals surface area contributed by atoms with E-state index in [1.807, 2.05) is 30.3 Å². The lowest BCUT2D eigenvalue weighted by molar-refractivity contribution is -0.136. The highest BCUT2D eigenvalue weighted by atomic mass is 16.5. The van der Waals surface area contributed by atoms with E-state index in [9.17, 15) is 4.79 Å². The zero-order chi connectivity index (χ0) is 11.8. The van der Waals surface area contributed by atoms with Crippen LogP contribution in [0.4, 0.5) is 0 Å². The van der Waals surface area contributed by atoms with Crippen LogP contribution in [-0.2, 0) is 9.53 Å². The fourth-order valence-electron chi connectivity index (χ4n) is 1.24. The van der Waals surface area contributed by atoms with Crippen LogP contribution in [0.5, 0.6) is 5.75 Å². The fraction of sp³-hybridized carbons (Fsp3) is 0.308. The van der Waals surface area contributed by atoms with Gasteiger partial charge in [0.1, 0.15) is 5.75 Å². The maximum atomic E-state index is 11.0. The van der Waals surface area contributed by atoms with Crippen LogP contribution in [-0.4, -0.2) is 19.7 Å². The van der Waals surface area contributed by atoms with Crippen molar-refractivity contribution in [3.8, 4) is 5.75 Å². The van der Waals surface area contributed by atoms with Crippen molar-refractivity contribution >= 4 is 5.97 Å². The van der Waals surface area contributed by atoms with Crippen molar-refractivity contribution in [1.82, 2.24) is 0 Å². The highest BCUT2D eigenvalue weighted by molar-refractivity contribution is 5.87. The number of benzene rings is 1. The average Bonchev–Trinajstić information content (AvgIpc) is 2.34. The molecule has 0 aliphatic carbocycles. The van der Waals surface area contributed by atoms with Crippen molar-refractivity contribution in [2.45, 2.75) is 12.8 Å². The Hall–Kier alpha value is -1.77. The summed E-state index contributed by atoms with van der Waals surface area (Å²) in [7, 11) is 1.36. The van der Waals surface area contributed by atoms with Gasteiger partial charge in [-0.2, -0.15) is 0 Å². The number of carbonyl (C=O) groups is 1. The molecule has 0 heterocycles. The van der Waals surface area contributed by atoms with E-state index in [1.54, 1.807) is 0 Å². The predicted octanol–water partition coefficient (Wildman–Crippen LogP) is 2.57. The molecule has 0 saturated carbocycles. The second kappa shape index (κ2) is 6.67. The predicted molar refractivity (Wildman–Crippen MR) is 62.3 cm³/mol. The second-order valence-corrected chi connectivity index (χ2v) is 3.36. The first-order chi connectivity index (χ1) is 7.74. The number of carbonyl (C=O) groups excluding carboxylic acids is 1. The quantitative estimate of drug-likeness (QED) is 0.420. The van der Waals surface area contributed by atoms with Crippen LogP contribution < -0.4 is 4.74 Å². The number of hydrogen-bond donors (Lipinski definition) is 0. The third-order valence-electron chi connectivity index (χ3n) is 2.11. The molecule has 0 bridgehead atoms. The monoisotopic (exact) mass is 220 g/mol. The minimum atomic E-state index is -0.347. The Bertz CT molecular complexity index is 343. The Kier molecular flexibility index (Phi) is 5.12. The van der Waals surface area contributed by atoms with Crippen LogP contribution in [0.3, 0.4) is 0 Å². The molecule has 0 aliphatic heterocycles. The van der Waals surface area contributed by atoms with Gasteiger partial charge in [0, 0.05) is 5.57 Å². The van der Waals surface area contributed by atoms with Crippen LogP contribution >= 0.6 is 0 Å². The van der Waals surface area contributed by atoms with Crippen molar-refractivity contribution < 1.29 is 14.3 Å². The van der Waals surface area contributed by atoms with E-state index in [1.165, 1.54) is 7.11 Å². The lowest BCUT2D eigenvalue weighted by Gasteiger charge is -2.06. The molecule has 0 saturated heterocycles. The van der Waals surface area contributed by atoms with Crippen molar-refractivity contribution in [2.75, 3.05) is 13.7 Å². The number of para-hydroxylation sites is 1. The van der Waals surface area contributed by atoms with Gasteiger partial charge >= 0.3 is 5.97 Å². The SMILES string of the molecule is C=C(CCCOc1ccccc1)C(=O)OC. The summed E-state index contributed by atoms with van der Waals surface area (Å²) >= 11 is 0. The van der Waals surface area contributed by atoms with E-state index < -0.39 is 0 Å². The standard InChI is InChI=1S/C13H16O3/c1-11(13(14)15-2)7-6-10-16-12-8-4-3-5-9-12/h3-5,8-9H,1,6-7,10H2,2H3. The zero-order valence-electron chi connectivity index (χ0n) is 9.44. The zero-order valence-corrected chi connectivity index (χ0v) is 9.44. The summed E-state index contributed by atoms with van der Waals surface area (Å²) in [6.45, 7) is 4.21. The van der Waals surface area contributed by atoms with Gasteiger partial charge in [-0.05, 0) is 25.0 Å². The molecule has 16 heavy (non-hydrogen) atoms. The van der Waals surface area contributed by atoms with E-state index in [-0.39, 0.29) is 5.97 Å². The van der Waals surface area contributed by atoms with E-state index in [2.05, 4.69) is 11.3 Å². The van der Waals surface area contributed by atoms with E-state index in [0.29, 0.717) is 18.6 Å². The van der Waals surface area contributed by atoms with Crippen LogP contribution in [0, 0.1) is 0 Å². The largest absolute Gasteiger partial charge is 0.494 e. The van der Waals surface area contributed by atoms with Crippen LogP contribution in [0.25, 0.3) is 0 Å². The Balaban J connectivity index is 2.17. The number of esters is 1. The summed E-state index contributed by atoms with van der Waals surface area (Å²) in [6, 6.07) is 9.57. The molecule has 0 unspecified atom stereocenters. The lowest BCUT2D eigenvalue weighted by atomic mass is 10.2. The molecule has 0 aliphatic rings. The van der Waals surface area contributed by atoms with Gasteiger partial charge in [-0.15, -0.1) is 0 Å². The molecule has 1 aromatic rings. The van der Waals surface area contributed by atoms with Crippen LogP contribution in [0.2, 0.25) is 0 Å². The van der Waals surface area contributed by atoms with E-state index >= 15 is 0 Å². The van der Waals surface area contributed by atoms with Crippen molar-refractivity contribution in [2.24, 2.45) is 0 Å². The summed E-state index contributed by atoms with van der Waals surface area (Å²) < 4.78 is 10.0. The minimum Gasteiger partial charge on any atom is -0.494 e. The molecular formula is C13H16O3. The molecule has 1 rings (SSSR count). The van der Waals surface area contributed by atoms with E-state index in [0.717, 1.165) is 12.2 Å². The number of ether oxygens (including phenoxy) is 2. The van der Waals surface area contributed by atoms with Gasteiger partial charge in [0.05, 0.1) is 13.7 Å². The van der Waals surface area contributed by atoms with Gasteiger partial charge < -0.3 is 9.47 Å². The Morgan fingerprint density at radius 3 is 2.62 bits per heavy atom. The minimum absolute atomic E-state index is 0.347. The van der Waals surface area contributed by atoms with Gasteiger partial charge in [0.25, 0.3) is 0 Å². The molecule has 0 atom stereocenters. The summed E-state index contributed by atoms with van der Waals surface area (Å²) in [5.74, 6) is 0.492. The first kappa shape index (κ1) is 12.3. The average molecular weight is 220 g/mol. The summed E-state index contributed by atoms with van der Waals surface area (Å²) in [5.41, 5.74) is 0.485. The third kappa shape index (κ3) is 4.17. The van der Waals surface area contributed by atoms with Gasteiger partial charge in [0.15, 0.2) is 0 Å². The summed E-state index contributed by atoms with van der Waals surface area (Å²) in [6.07, 6.45) is 1.35. The van der Waals surface area contributed by atoms with Gasteiger partial charge in [-0.1, -0.05) is 24.8 Å². The van der Waals surface area contributed by atoms with Crippen molar-refractivity contribution in [3.05, 3.63) is 42.5 Å². The molecule has 0 fully saturated rings. The molecule has 3 nitrogen and oxygen atoms in total. The topological polar surface area (TPSA) is 35.5 Å². The second-order valence-electron chi connectivity index (χ2n) is 3.36. The van der Waals surface area contributed by atoms with Crippen molar-refractivity contribution in [1.29, 1.82) is 0 Å². The van der Waals surface area contributed by atoms with Crippen LogP contribution in [0.15, 0.2) is 42.5 Å². The summed E-state index contributed by atoms with van der Waals surface area (Å²) in [5, 5.41) is 0. The lowest BCUT2D eigenvalue weighted by Crippen LogP contribution is -2.05.